The van der Waals surface area contributed by atoms with E-state index in [1.165, 1.54) is 12.1 Å². The molecule has 5 nitrogen and oxygen atoms in total. The SMILES string of the molecule is O=[N+]([O-])c1cccc2cccc(S(=O)O)c12. The molecule has 0 aliphatic rings. The minimum Gasteiger partial charge on any atom is -0.302 e. The first kappa shape index (κ1) is 10.7. The third-order valence-corrected chi connectivity index (χ3v) is 2.95. The molecular weight excluding hydrogens is 230 g/mol. The molecule has 0 aliphatic carbocycles. The highest BCUT2D eigenvalue weighted by molar-refractivity contribution is 7.79. The molecule has 1 N–H and O–H groups in total. The van der Waals surface area contributed by atoms with Crippen molar-refractivity contribution in [2.45, 2.75) is 4.90 Å². The lowest BCUT2D eigenvalue weighted by Crippen LogP contribution is -1.95. The topological polar surface area (TPSA) is 80.4 Å². The normalized spacial score (nSPS) is 12.6. The highest BCUT2D eigenvalue weighted by atomic mass is 32.2. The number of nitro benzene ring substituents is 1. The van der Waals surface area contributed by atoms with Crippen LogP contribution in [-0.2, 0) is 11.1 Å². The van der Waals surface area contributed by atoms with Crippen LogP contribution in [0.5, 0.6) is 0 Å². The highest BCUT2D eigenvalue weighted by Crippen LogP contribution is 2.30. The Kier molecular flexibility index (Phi) is 2.67. The minimum atomic E-state index is -2.23. The first-order chi connectivity index (χ1) is 7.61. The van der Waals surface area contributed by atoms with Crippen LogP contribution in [0.25, 0.3) is 10.8 Å². The lowest BCUT2D eigenvalue weighted by Gasteiger charge is -2.03. The molecule has 0 fully saturated rings. The van der Waals surface area contributed by atoms with Gasteiger partial charge in [-0.1, -0.05) is 24.3 Å². The molecule has 0 aliphatic heterocycles. The summed E-state index contributed by atoms with van der Waals surface area (Å²) in [6.07, 6.45) is 0. The van der Waals surface area contributed by atoms with Crippen LogP contribution in [0.3, 0.4) is 0 Å². The van der Waals surface area contributed by atoms with E-state index < -0.39 is 16.0 Å². The number of non-ortho nitro benzene ring substituents is 1. The quantitative estimate of drug-likeness (QED) is 0.493. The molecule has 16 heavy (non-hydrogen) atoms. The van der Waals surface area contributed by atoms with Crippen LogP contribution in [0.15, 0.2) is 41.3 Å². The molecule has 2 aromatic rings. The average molecular weight is 237 g/mol. The number of benzene rings is 2. The molecule has 82 valence electrons. The Labute approximate surface area is 93.1 Å². The van der Waals surface area contributed by atoms with Gasteiger partial charge < -0.3 is 4.55 Å². The molecule has 1 unspecified atom stereocenters. The Balaban J connectivity index is 2.92. The van der Waals surface area contributed by atoms with E-state index in [0.29, 0.717) is 5.39 Å². The Bertz CT molecular complexity index is 548. The van der Waals surface area contributed by atoms with E-state index >= 15 is 0 Å². The van der Waals surface area contributed by atoms with Crippen LogP contribution in [0.4, 0.5) is 5.69 Å². The number of nitrogens with zero attached hydrogens (tertiary/aromatic N) is 1. The molecule has 0 bridgehead atoms. The monoisotopic (exact) mass is 237 g/mol. The zero-order chi connectivity index (χ0) is 11.7. The van der Waals surface area contributed by atoms with Gasteiger partial charge in [-0.3, -0.25) is 10.1 Å². The molecule has 1 atom stereocenters. The van der Waals surface area contributed by atoms with Gasteiger partial charge in [0.15, 0.2) is 11.1 Å². The summed E-state index contributed by atoms with van der Waals surface area (Å²) in [4.78, 5) is 10.3. The summed E-state index contributed by atoms with van der Waals surface area (Å²) in [5.41, 5.74) is -0.157. The van der Waals surface area contributed by atoms with Crippen LogP contribution in [0, 0.1) is 10.1 Å². The van der Waals surface area contributed by atoms with Gasteiger partial charge in [-0.2, -0.15) is 0 Å². The molecule has 2 aromatic carbocycles. The smallest absolute Gasteiger partial charge is 0.278 e. The Hall–Kier alpha value is -1.79. The van der Waals surface area contributed by atoms with Crippen molar-refractivity contribution in [2.75, 3.05) is 0 Å². The van der Waals surface area contributed by atoms with Crippen molar-refractivity contribution in [3.63, 3.8) is 0 Å². The second kappa shape index (κ2) is 3.99. The van der Waals surface area contributed by atoms with Crippen LogP contribution in [0.2, 0.25) is 0 Å². The van der Waals surface area contributed by atoms with Gasteiger partial charge in [0.2, 0.25) is 0 Å². The Morgan fingerprint density at radius 3 is 2.38 bits per heavy atom. The van der Waals surface area contributed by atoms with Crippen molar-refractivity contribution in [3.05, 3.63) is 46.5 Å². The Morgan fingerprint density at radius 2 is 1.81 bits per heavy atom. The van der Waals surface area contributed by atoms with Gasteiger partial charge in [0.05, 0.1) is 15.2 Å². The van der Waals surface area contributed by atoms with E-state index in [4.69, 9.17) is 4.55 Å². The zero-order valence-corrected chi connectivity index (χ0v) is 8.81. The summed E-state index contributed by atoms with van der Waals surface area (Å²) >= 11 is -2.23. The van der Waals surface area contributed by atoms with Crippen molar-refractivity contribution in [1.82, 2.24) is 0 Å². The molecule has 0 amide bonds. The van der Waals surface area contributed by atoms with E-state index in [2.05, 4.69) is 0 Å². The molecule has 0 saturated heterocycles. The highest BCUT2D eigenvalue weighted by Gasteiger charge is 2.17. The Morgan fingerprint density at radius 1 is 1.19 bits per heavy atom. The molecule has 0 aromatic heterocycles. The molecule has 0 spiro atoms. The fraction of sp³-hybridized carbons (Fsp3) is 0. The first-order valence-corrected chi connectivity index (χ1v) is 5.49. The van der Waals surface area contributed by atoms with Crippen molar-refractivity contribution in [3.8, 4) is 0 Å². The lowest BCUT2D eigenvalue weighted by atomic mass is 10.1. The van der Waals surface area contributed by atoms with Crippen molar-refractivity contribution in [2.24, 2.45) is 0 Å². The summed E-state index contributed by atoms with van der Waals surface area (Å²) in [6.45, 7) is 0. The summed E-state index contributed by atoms with van der Waals surface area (Å²) in [5, 5.41) is 11.6. The van der Waals surface area contributed by atoms with Gasteiger partial charge in [0, 0.05) is 6.07 Å². The maximum atomic E-state index is 11.1. The van der Waals surface area contributed by atoms with E-state index in [-0.39, 0.29) is 16.0 Å². The van der Waals surface area contributed by atoms with Crippen LogP contribution in [0.1, 0.15) is 0 Å². The minimum absolute atomic E-state index is 0.0600. The van der Waals surface area contributed by atoms with Crippen LogP contribution >= 0.6 is 0 Å². The average Bonchev–Trinajstić information content (AvgIpc) is 2.27. The lowest BCUT2D eigenvalue weighted by molar-refractivity contribution is -0.383. The van der Waals surface area contributed by atoms with Crippen molar-refractivity contribution >= 4 is 27.5 Å². The van der Waals surface area contributed by atoms with E-state index in [9.17, 15) is 14.3 Å². The van der Waals surface area contributed by atoms with Crippen molar-refractivity contribution < 1.29 is 13.7 Å². The summed E-state index contributed by atoms with van der Waals surface area (Å²) < 4.78 is 20.2. The predicted octanol–water partition coefficient (Wildman–Crippen LogP) is 2.33. The predicted molar refractivity (Wildman–Crippen MR) is 59.6 cm³/mol. The summed E-state index contributed by atoms with van der Waals surface area (Å²) in [6, 6.07) is 9.20. The third kappa shape index (κ3) is 1.68. The maximum Gasteiger partial charge on any atom is 0.278 e. The maximum absolute atomic E-state index is 11.1. The summed E-state index contributed by atoms with van der Waals surface area (Å²) in [5.74, 6) is 0. The van der Waals surface area contributed by atoms with E-state index in [1.54, 1.807) is 24.3 Å². The largest absolute Gasteiger partial charge is 0.302 e. The molecular formula is C10H7NO4S. The number of hydrogen-bond acceptors (Lipinski definition) is 3. The fourth-order valence-electron chi connectivity index (χ4n) is 1.59. The molecule has 0 radical (unpaired) electrons. The molecule has 0 saturated carbocycles. The van der Waals surface area contributed by atoms with E-state index in [0.717, 1.165) is 0 Å². The molecule has 2 rings (SSSR count). The molecule has 6 heteroatoms. The van der Waals surface area contributed by atoms with Gasteiger partial charge in [-0.15, -0.1) is 0 Å². The number of nitro groups is 1. The first-order valence-electron chi connectivity index (χ1n) is 4.38. The fourth-order valence-corrected chi connectivity index (χ4v) is 2.18. The van der Waals surface area contributed by atoms with Crippen molar-refractivity contribution in [1.29, 1.82) is 0 Å². The van der Waals surface area contributed by atoms with Gasteiger partial charge in [-0.05, 0) is 11.5 Å². The summed E-state index contributed by atoms with van der Waals surface area (Å²) in [7, 11) is 0. The van der Waals surface area contributed by atoms with E-state index in [1.807, 2.05) is 0 Å². The number of rotatable bonds is 2. The van der Waals surface area contributed by atoms with Gasteiger partial charge in [0.1, 0.15) is 0 Å². The second-order valence-corrected chi connectivity index (χ2v) is 4.08. The third-order valence-electron chi connectivity index (χ3n) is 2.23. The van der Waals surface area contributed by atoms with Crippen LogP contribution in [-0.4, -0.2) is 13.7 Å². The zero-order valence-electron chi connectivity index (χ0n) is 7.99. The van der Waals surface area contributed by atoms with Gasteiger partial charge in [-0.25, -0.2) is 4.21 Å². The van der Waals surface area contributed by atoms with Crippen LogP contribution < -0.4 is 0 Å². The number of hydrogen-bond donors (Lipinski definition) is 1. The van der Waals surface area contributed by atoms with Gasteiger partial charge >= 0.3 is 0 Å². The number of fused-ring (bicyclic) bond motifs is 1. The second-order valence-electron chi connectivity index (χ2n) is 3.14. The molecule has 0 heterocycles. The van der Waals surface area contributed by atoms with Gasteiger partial charge in [0.25, 0.3) is 5.69 Å². The standard InChI is InChI=1S/C10H7NO4S/c12-11(13)8-5-1-3-7-4-2-6-9(10(7)8)16(14)15/h1-6H,(H,14,15).